The zero-order valence-corrected chi connectivity index (χ0v) is 26.0. The number of sulfone groups is 1. The third kappa shape index (κ3) is 7.78. The summed E-state index contributed by atoms with van der Waals surface area (Å²) in [4.78, 5) is 20.4. The smallest absolute Gasteiger partial charge is 0.270 e. The summed E-state index contributed by atoms with van der Waals surface area (Å²) in [6.07, 6.45) is 3.94. The molecule has 0 spiro atoms. The molecular weight excluding hydrogens is 591 g/mol. The Kier molecular flexibility index (Phi) is 9.64. The van der Waals surface area contributed by atoms with Crippen molar-refractivity contribution in [2.75, 3.05) is 57.5 Å². The Balaban J connectivity index is 1.14. The molecule has 2 heterocycles. The van der Waals surface area contributed by atoms with Crippen LogP contribution in [0.25, 0.3) is 6.08 Å². The molecule has 220 valence electrons. The molecule has 0 aliphatic carbocycles. The largest absolute Gasteiger partial charge is 0.494 e. The lowest BCUT2D eigenvalue weighted by Gasteiger charge is -2.32. The van der Waals surface area contributed by atoms with E-state index in [0.717, 1.165) is 50.5 Å². The Bertz CT molecular complexity index is 1550. The minimum atomic E-state index is -3.26. The van der Waals surface area contributed by atoms with Crippen LogP contribution in [0, 0.1) is 0 Å². The van der Waals surface area contributed by atoms with Gasteiger partial charge in [0.2, 0.25) is 0 Å². The molecule has 1 amide bonds. The van der Waals surface area contributed by atoms with Gasteiger partial charge in [-0.05, 0) is 85.8 Å². The molecule has 2 fully saturated rings. The molecule has 0 bridgehead atoms. The van der Waals surface area contributed by atoms with Gasteiger partial charge in [-0.1, -0.05) is 36.1 Å². The number of hydrogen-bond acceptors (Lipinski definition) is 9. The monoisotopic (exact) mass is 623 g/mol. The first-order valence-electron chi connectivity index (χ1n) is 13.7. The van der Waals surface area contributed by atoms with Gasteiger partial charge in [0.1, 0.15) is 17.2 Å². The molecule has 0 unspecified atom stereocenters. The van der Waals surface area contributed by atoms with Gasteiger partial charge in [0.15, 0.2) is 14.2 Å². The van der Waals surface area contributed by atoms with Crippen molar-refractivity contribution in [2.24, 2.45) is 0 Å². The second kappa shape index (κ2) is 13.4. The average Bonchev–Trinajstić information content (AvgIpc) is 3.25. The first-order valence-corrected chi connectivity index (χ1v) is 16.8. The van der Waals surface area contributed by atoms with E-state index in [1.165, 1.54) is 30.2 Å². The summed E-state index contributed by atoms with van der Waals surface area (Å²) >= 11 is 6.80. The highest BCUT2D eigenvalue weighted by molar-refractivity contribution is 8.27. The predicted molar refractivity (Wildman–Crippen MR) is 172 cm³/mol. The van der Waals surface area contributed by atoms with E-state index in [-0.39, 0.29) is 10.8 Å². The van der Waals surface area contributed by atoms with Crippen LogP contribution in [0.1, 0.15) is 12.0 Å². The number of carbonyl (C=O) groups excluding carboxylic acids is 1. The summed E-state index contributed by atoms with van der Waals surface area (Å²) in [5.74, 6) is 1.72. The van der Waals surface area contributed by atoms with E-state index in [0.29, 0.717) is 33.0 Å². The van der Waals surface area contributed by atoms with Gasteiger partial charge in [0.05, 0.1) is 22.1 Å². The van der Waals surface area contributed by atoms with Crippen molar-refractivity contribution in [3.63, 3.8) is 0 Å². The van der Waals surface area contributed by atoms with E-state index in [9.17, 15) is 13.2 Å². The van der Waals surface area contributed by atoms with Crippen LogP contribution in [0.15, 0.2) is 82.6 Å². The maximum absolute atomic E-state index is 13.2. The molecule has 0 atom stereocenters. The Morgan fingerprint density at radius 1 is 0.881 bits per heavy atom. The number of nitrogens with zero attached hydrogens (tertiary/aromatic N) is 3. The van der Waals surface area contributed by atoms with Crippen molar-refractivity contribution >= 4 is 55.8 Å². The molecule has 42 heavy (non-hydrogen) atoms. The number of ether oxygens (including phenoxy) is 2. The fourth-order valence-corrected chi connectivity index (χ4v) is 6.54. The molecule has 0 aromatic heterocycles. The molecular formula is C31H33N3O5S3. The second-order valence-electron chi connectivity index (χ2n) is 10.3. The van der Waals surface area contributed by atoms with Gasteiger partial charge in [0.25, 0.3) is 5.91 Å². The average molecular weight is 624 g/mol. The lowest BCUT2D eigenvalue weighted by atomic mass is 10.2. The van der Waals surface area contributed by atoms with Gasteiger partial charge in [0, 0.05) is 39.0 Å². The first-order chi connectivity index (χ1) is 20.2. The molecule has 11 heteroatoms. The van der Waals surface area contributed by atoms with Crippen LogP contribution < -0.4 is 14.4 Å². The summed E-state index contributed by atoms with van der Waals surface area (Å²) in [6, 6.07) is 21.0. The molecule has 0 saturated carbocycles. The number of piperazine rings is 1. The topological polar surface area (TPSA) is 79.4 Å². The van der Waals surface area contributed by atoms with Crippen molar-refractivity contribution in [3.8, 4) is 17.2 Å². The molecule has 2 aliphatic rings. The Hall–Kier alpha value is -3.22. The van der Waals surface area contributed by atoms with Gasteiger partial charge in [-0.25, -0.2) is 8.42 Å². The van der Waals surface area contributed by atoms with E-state index in [1.54, 1.807) is 29.2 Å². The standard InChI is InChI=1S/C31H33N3O5S3/c1-32-17-19-33(20-18-32)16-3-21-38-25-10-6-24(7-11-25)34-30(35)29(41-31(34)40)22-23-4-8-26(9-5-23)39-27-12-14-28(15-13-27)42(2,36)37/h4-15,22H,3,16-21H2,1-2H3. The molecule has 5 rings (SSSR count). The van der Waals surface area contributed by atoms with Crippen molar-refractivity contribution < 1.29 is 22.7 Å². The predicted octanol–water partition coefficient (Wildman–Crippen LogP) is 5.30. The van der Waals surface area contributed by atoms with Crippen LogP contribution in [0.3, 0.4) is 0 Å². The van der Waals surface area contributed by atoms with Crippen LogP contribution in [0.5, 0.6) is 17.2 Å². The zero-order chi connectivity index (χ0) is 29.7. The third-order valence-electron chi connectivity index (χ3n) is 7.04. The third-order valence-corrected chi connectivity index (χ3v) is 9.47. The van der Waals surface area contributed by atoms with Crippen LogP contribution in [-0.2, 0) is 14.6 Å². The summed E-state index contributed by atoms with van der Waals surface area (Å²) in [5.41, 5.74) is 1.53. The Morgan fingerprint density at radius 3 is 2.10 bits per heavy atom. The molecule has 0 N–H and O–H groups in total. The highest BCUT2D eigenvalue weighted by Gasteiger charge is 2.33. The summed E-state index contributed by atoms with van der Waals surface area (Å²) < 4.78 is 35.5. The molecule has 3 aromatic carbocycles. The van der Waals surface area contributed by atoms with Crippen LogP contribution in [0.4, 0.5) is 5.69 Å². The van der Waals surface area contributed by atoms with E-state index < -0.39 is 9.84 Å². The van der Waals surface area contributed by atoms with Gasteiger partial charge in [-0.2, -0.15) is 0 Å². The highest BCUT2D eigenvalue weighted by atomic mass is 32.2. The molecule has 2 saturated heterocycles. The number of anilines is 1. The van der Waals surface area contributed by atoms with Gasteiger partial charge in [-0.3, -0.25) is 9.69 Å². The zero-order valence-electron chi connectivity index (χ0n) is 23.6. The van der Waals surface area contributed by atoms with Gasteiger partial charge < -0.3 is 19.3 Å². The second-order valence-corrected chi connectivity index (χ2v) is 14.0. The molecule has 3 aromatic rings. The SMILES string of the molecule is CN1CCN(CCCOc2ccc(N3C(=O)C(=Cc4ccc(Oc5ccc(S(C)(=O)=O)cc5)cc4)SC3=S)cc2)CC1. The lowest BCUT2D eigenvalue weighted by Crippen LogP contribution is -2.44. The summed E-state index contributed by atoms with van der Waals surface area (Å²) in [7, 11) is -1.10. The molecule has 8 nitrogen and oxygen atoms in total. The van der Waals surface area contributed by atoms with E-state index in [1.807, 2.05) is 42.5 Å². The van der Waals surface area contributed by atoms with Crippen molar-refractivity contribution in [3.05, 3.63) is 83.3 Å². The van der Waals surface area contributed by atoms with Crippen LogP contribution in [-0.4, -0.2) is 81.1 Å². The number of hydrogen-bond donors (Lipinski definition) is 0. The first kappa shape index (κ1) is 30.2. The number of rotatable bonds is 10. The van der Waals surface area contributed by atoms with Crippen LogP contribution in [0.2, 0.25) is 0 Å². The van der Waals surface area contributed by atoms with Crippen molar-refractivity contribution in [1.29, 1.82) is 0 Å². The van der Waals surface area contributed by atoms with E-state index in [4.69, 9.17) is 21.7 Å². The highest BCUT2D eigenvalue weighted by Crippen LogP contribution is 2.37. The lowest BCUT2D eigenvalue weighted by molar-refractivity contribution is -0.113. The van der Waals surface area contributed by atoms with Crippen molar-refractivity contribution in [2.45, 2.75) is 11.3 Å². The minimum absolute atomic E-state index is 0.169. The number of amides is 1. The maximum Gasteiger partial charge on any atom is 0.270 e. The summed E-state index contributed by atoms with van der Waals surface area (Å²) in [6.45, 7) is 6.12. The fourth-order valence-electron chi connectivity index (χ4n) is 4.61. The van der Waals surface area contributed by atoms with Gasteiger partial charge in [-0.15, -0.1) is 0 Å². The van der Waals surface area contributed by atoms with E-state index >= 15 is 0 Å². The van der Waals surface area contributed by atoms with Crippen LogP contribution >= 0.6 is 24.0 Å². The number of likely N-dealkylation sites (N-methyl/N-ethyl adjacent to an activating group) is 1. The Labute approximate surface area is 256 Å². The minimum Gasteiger partial charge on any atom is -0.494 e. The number of carbonyl (C=O) groups is 1. The number of thiocarbonyl (C=S) groups is 1. The molecule has 2 aliphatic heterocycles. The maximum atomic E-state index is 13.2. The van der Waals surface area contributed by atoms with Gasteiger partial charge >= 0.3 is 0 Å². The summed E-state index contributed by atoms with van der Waals surface area (Å²) in [5, 5.41) is 0. The molecule has 0 radical (unpaired) electrons. The fraction of sp³-hybridized carbons (Fsp3) is 0.290. The normalized spacial score (nSPS) is 17.7. The number of thioether (sulfide) groups is 1. The van der Waals surface area contributed by atoms with E-state index in [2.05, 4.69) is 16.8 Å². The number of benzene rings is 3. The Morgan fingerprint density at radius 2 is 1.48 bits per heavy atom. The van der Waals surface area contributed by atoms with Crippen molar-refractivity contribution in [1.82, 2.24) is 9.80 Å². The quantitative estimate of drug-likeness (QED) is 0.170.